The summed E-state index contributed by atoms with van der Waals surface area (Å²) in [5.74, 6) is -1.84. The van der Waals surface area contributed by atoms with Crippen LogP contribution in [-0.2, 0) is 9.53 Å². The lowest BCUT2D eigenvalue weighted by Gasteiger charge is -2.16. The molecule has 1 unspecified atom stereocenters. The fraction of sp³-hybridized carbons (Fsp3) is 0.167. The van der Waals surface area contributed by atoms with Crippen molar-refractivity contribution in [2.24, 2.45) is 0 Å². The normalized spacial score (nSPS) is 13.2. The summed E-state index contributed by atoms with van der Waals surface area (Å²) in [7, 11) is 0. The molecule has 5 nitrogen and oxygen atoms in total. The summed E-state index contributed by atoms with van der Waals surface area (Å²) in [6, 6.07) is 25.1. The molecule has 146 valence electrons. The number of hydrogen-bond donors (Lipinski definition) is 2. The van der Waals surface area contributed by atoms with Crippen LogP contribution < -0.4 is 5.32 Å². The summed E-state index contributed by atoms with van der Waals surface area (Å²) in [6.07, 6.45) is -0.617. The number of rotatable bonds is 6. The molecule has 0 saturated carbocycles. The number of benzene rings is 3. The number of carboxylic acids is 1. The third-order valence-electron chi connectivity index (χ3n) is 5.29. The molecule has 0 radical (unpaired) electrons. The lowest BCUT2D eigenvalue weighted by Crippen LogP contribution is -2.32. The van der Waals surface area contributed by atoms with Crippen molar-refractivity contribution in [3.8, 4) is 11.1 Å². The van der Waals surface area contributed by atoms with Gasteiger partial charge < -0.3 is 15.2 Å². The summed E-state index contributed by atoms with van der Waals surface area (Å²) >= 11 is 0. The summed E-state index contributed by atoms with van der Waals surface area (Å²) in [5, 5.41) is 12.1. The monoisotopic (exact) mass is 387 g/mol. The number of nitrogens with one attached hydrogen (secondary N) is 1. The molecule has 0 heterocycles. The molecule has 1 amide bonds. The van der Waals surface area contributed by atoms with E-state index in [0.717, 1.165) is 22.3 Å². The van der Waals surface area contributed by atoms with Crippen molar-refractivity contribution in [3.63, 3.8) is 0 Å². The fourth-order valence-electron chi connectivity index (χ4n) is 3.87. The molecule has 0 aromatic heterocycles. The first kappa shape index (κ1) is 18.7. The van der Waals surface area contributed by atoms with Gasteiger partial charge in [0.1, 0.15) is 6.61 Å². The van der Waals surface area contributed by atoms with Crippen LogP contribution in [-0.4, -0.2) is 30.3 Å². The summed E-state index contributed by atoms with van der Waals surface area (Å²) < 4.78 is 5.46. The van der Waals surface area contributed by atoms with Crippen LogP contribution in [0.2, 0.25) is 0 Å². The molecule has 1 atom stereocenters. The topological polar surface area (TPSA) is 75.6 Å². The molecule has 3 aromatic rings. The van der Waals surface area contributed by atoms with Crippen LogP contribution >= 0.6 is 0 Å². The van der Waals surface area contributed by atoms with Crippen molar-refractivity contribution in [1.29, 1.82) is 0 Å². The van der Waals surface area contributed by atoms with E-state index in [4.69, 9.17) is 4.74 Å². The van der Waals surface area contributed by atoms with Crippen molar-refractivity contribution >= 4 is 12.1 Å². The van der Waals surface area contributed by atoms with Crippen LogP contribution in [0.5, 0.6) is 0 Å². The highest BCUT2D eigenvalue weighted by Crippen LogP contribution is 2.44. The van der Waals surface area contributed by atoms with E-state index in [-0.39, 0.29) is 19.1 Å². The van der Waals surface area contributed by atoms with Gasteiger partial charge >= 0.3 is 12.1 Å². The van der Waals surface area contributed by atoms with Crippen molar-refractivity contribution in [2.45, 2.75) is 11.8 Å². The average Bonchev–Trinajstić information content (AvgIpc) is 3.07. The zero-order valence-electron chi connectivity index (χ0n) is 15.7. The first-order valence-electron chi connectivity index (χ1n) is 9.51. The van der Waals surface area contributed by atoms with Gasteiger partial charge in [-0.05, 0) is 27.8 Å². The van der Waals surface area contributed by atoms with Gasteiger partial charge in [0, 0.05) is 12.5 Å². The minimum Gasteiger partial charge on any atom is -0.481 e. The summed E-state index contributed by atoms with van der Waals surface area (Å²) in [4.78, 5) is 23.8. The SMILES string of the molecule is O=C(NCC(C(=O)O)c1ccccc1)OCC1c2ccccc2-c2ccccc21. The highest BCUT2D eigenvalue weighted by atomic mass is 16.5. The van der Waals surface area contributed by atoms with Gasteiger partial charge in [0.25, 0.3) is 0 Å². The molecule has 5 heteroatoms. The number of aliphatic carboxylic acids is 1. The number of alkyl carbamates (subject to hydrolysis) is 1. The Morgan fingerprint density at radius 3 is 2.00 bits per heavy atom. The maximum atomic E-state index is 12.3. The van der Waals surface area contributed by atoms with Crippen LogP contribution in [0.25, 0.3) is 11.1 Å². The van der Waals surface area contributed by atoms with Crippen molar-refractivity contribution < 1.29 is 19.4 Å². The Bertz CT molecular complexity index is 986. The van der Waals surface area contributed by atoms with Gasteiger partial charge in [-0.25, -0.2) is 4.79 Å². The van der Waals surface area contributed by atoms with E-state index in [1.54, 1.807) is 24.3 Å². The number of carbonyl (C=O) groups excluding carboxylic acids is 1. The molecular formula is C24H21NO4. The fourth-order valence-corrected chi connectivity index (χ4v) is 3.87. The highest BCUT2D eigenvalue weighted by molar-refractivity contribution is 5.79. The maximum absolute atomic E-state index is 12.3. The second-order valence-electron chi connectivity index (χ2n) is 7.01. The first-order valence-corrected chi connectivity index (χ1v) is 9.51. The van der Waals surface area contributed by atoms with Gasteiger partial charge in [-0.3, -0.25) is 4.79 Å². The van der Waals surface area contributed by atoms with E-state index in [1.807, 2.05) is 30.3 Å². The van der Waals surface area contributed by atoms with Crippen LogP contribution in [0.15, 0.2) is 78.9 Å². The average molecular weight is 387 g/mol. The molecule has 0 saturated heterocycles. The quantitative estimate of drug-likeness (QED) is 0.658. The molecule has 29 heavy (non-hydrogen) atoms. The minimum atomic E-state index is -0.991. The van der Waals surface area contributed by atoms with Crippen molar-refractivity contribution in [1.82, 2.24) is 5.32 Å². The number of ether oxygens (including phenoxy) is 1. The molecule has 1 aliphatic rings. The molecule has 0 fully saturated rings. The summed E-state index contributed by atoms with van der Waals surface area (Å²) in [5.41, 5.74) is 5.22. The van der Waals surface area contributed by atoms with Crippen LogP contribution in [0.4, 0.5) is 4.79 Å². The Morgan fingerprint density at radius 1 is 0.862 bits per heavy atom. The molecule has 0 aliphatic heterocycles. The predicted octanol–water partition coefficient (Wildman–Crippen LogP) is 4.39. The zero-order chi connectivity index (χ0) is 20.2. The van der Waals surface area contributed by atoms with Gasteiger partial charge in [0.15, 0.2) is 0 Å². The number of carboxylic acid groups (broad SMARTS) is 1. The van der Waals surface area contributed by atoms with E-state index < -0.39 is 18.0 Å². The smallest absolute Gasteiger partial charge is 0.407 e. The lowest BCUT2D eigenvalue weighted by atomic mass is 9.98. The number of carbonyl (C=O) groups is 2. The second kappa shape index (κ2) is 8.19. The number of amides is 1. The van der Waals surface area contributed by atoms with E-state index in [1.165, 1.54) is 0 Å². The Balaban J connectivity index is 1.41. The van der Waals surface area contributed by atoms with Crippen molar-refractivity contribution in [2.75, 3.05) is 13.2 Å². The summed E-state index contributed by atoms with van der Waals surface area (Å²) in [6.45, 7) is 0.166. The lowest BCUT2D eigenvalue weighted by molar-refractivity contribution is -0.138. The van der Waals surface area contributed by atoms with E-state index in [2.05, 4.69) is 29.6 Å². The molecule has 1 aliphatic carbocycles. The molecular weight excluding hydrogens is 366 g/mol. The third kappa shape index (κ3) is 3.85. The Morgan fingerprint density at radius 2 is 1.41 bits per heavy atom. The van der Waals surface area contributed by atoms with E-state index in [0.29, 0.717) is 5.56 Å². The molecule has 0 bridgehead atoms. The van der Waals surface area contributed by atoms with Crippen molar-refractivity contribution in [3.05, 3.63) is 95.6 Å². The molecule has 3 aromatic carbocycles. The maximum Gasteiger partial charge on any atom is 0.407 e. The van der Waals surface area contributed by atoms with Gasteiger partial charge in [-0.2, -0.15) is 0 Å². The van der Waals surface area contributed by atoms with Gasteiger partial charge in [0.2, 0.25) is 0 Å². The Kier molecular flexibility index (Phi) is 5.29. The van der Waals surface area contributed by atoms with E-state index in [9.17, 15) is 14.7 Å². The zero-order valence-corrected chi connectivity index (χ0v) is 15.7. The second-order valence-corrected chi connectivity index (χ2v) is 7.01. The number of hydrogen-bond acceptors (Lipinski definition) is 3. The van der Waals surface area contributed by atoms with Crippen LogP contribution in [0.1, 0.15) is 28.5 Å². The molecule has 4 rings (SSSR count). The van der Waals surface area contributed by atoms with Crippen LogP contribution in [0.3, 0.4) is 0 Å². The van der Waals surface area contributed by atoms with Gasteiger partial charge in [-0.1, -0.05) is 78.9 Å². The predicted molar refractivity (Wildman–Crippen MR) is 110 cm³/mol. The van der Waals surface area contributed by atoms with Gasteiger partial charge in [0.05, 0.1) is 5.92 Å². The van der Waals surface area contributed by atoms with Gasteiger partial charge in [-0.15, -0.1) is 0 Å². The van der Waals surface area contributed by atoms with Crippen LogP contribution in [0, 0.1) is 0 Å². The first-order chi connectivity index (χ1) is 14.1. The third-order valence-corrected chi connectivity index (χ3v) is 5.29. The highest BCUT2D eigenvalue weighted by Gasteiger charge is 2.29. The minimum absolute atomic E-state index is 0.0301. The standard InChI is InChI=1S/C24H21NO4/c26-23(27)21(16-8-2-1-3-9-16)14-25-24(28)29-15-22-19-12-6-4-10-17(19)18-11-5-7-13-20(18)22/h1-13,21-22H,14-15H2,(H,25,28)(H,26,27). The molecule has 0 spiro atoms. The molecule has 2 N–H and O–H groups in total. The largest absolute Gasteiger partial charge is 0.481 e. The van der Waals surface area contributed by atoms with E-state index >= 15 is 0 Å². The number of fused-ring (bicyclic) bond motifs is 3. The Labute approximate surface area is 169 Å². The Hall–Kier alpha value is -3.60.